The molecular formula is C31H31N7O2S2. The Balaban J connectivity index is 1.13. The molecule has 0 spiro atoms. The molecule has 42 heavy (non-hydrogen) atoms. The number of ether oxygens (including phenoxy) is 1. The number of aryl methyl sites for hydroxylation is 1. The molecule has 1 aliphatic heterocycles. The summed E-state index contributed by atoms with van der Waals surface area (Å²) in [5.74, 6) is 2.20. The molecular weight excluding hydrogens is 567 g/mol. The third kappa shape index (κ3) is 5.88. The number of thiazole rings is 1. The molecule has 0 saturated carbocycles. The average molecular weight is 598 g/mol. The number of carbonyl (C=O) groups excluding carboxylic acids is 1. The number of pyridine rings is 1. The highest BCUT2D eigenvalue weighted by atomic mass is 32.2. The molecule has 0 bridgehead atoms. The molecule has 6 rings (SSSR count). The van der Waals surface area contributed by atoms with Crippen LogP contribution < -0.4 is 9.64 Å². The lowest BCUT2D eigenvalue weighted by atomic mass is 10.2. The Labute approximate surface area is 253 Å². The Kier molecular flexibility index (Phi) is 8.47. The minimum atomic E-state index is -0.0247. The number of benzene rings is 2. The van der Waals surface area contributed by atoms with Crippen molar-refractivity contribution in [3.8, 4) is 22.8 Å². The topological polar surface area (TPSA) is 89.3 Å². The highest BCUT2D eigenvalue weighted by molar-refractivity contribution is 7.98. The second-order valence-electron chi connectivity index (χ2n) is 9.76. The van der Waals surface area contributed by atoms with Crippen molar-refractivity contribution in [3.63, 3.8) is 0 Å². The molecule has 0 aliphatic carbocycles. The molecule has 1 saturated heterocycles. The fraction of sp³-hybridized carbons (Fsp3) is 0.258. The molecule has 0 atom stereocenters. The van der Waals surface area contributed by atoms with Gasteiger partial charge in [-0.2, -0.15) is 0 Å². The number of para-hydroxylation sites is 3. The van der Waals surface area contributed by atoms with E-state index < -0.39 is 0 Å². The van der Waals surface area contributed by atoms with Crippen LogP contribution in [0.2, 0.25) is 0 Å². The van der Waals surface area contributed by atoms with Gasteiger partial charge in [0.1, 0.15) is 16.5 Å². The van der Waals surface area contributed by atoms with Crippen LogP contribution in [0.4, 0.5) is 5.69 Å². The molecule has 1 amide bonds. The van der Waals surface area contributed by atoms with Crippen molar-refractivity contribution in [1.82, 2.24) is 29.6 Å². The Morgan fingerprint density at radius 3 is 2.45 bits per heavy atom. The Bertz CT molecular complexity index is 1660. The first-order valence-electron chi connectivity index (χ1n) is 13.9. The standard InChI is InChI=1S/C31H31N7O2S2/c1-3-40-27-11-7-6-10-26(27)36-16-18-37(19-17-36)30(39)24-20-41-28(33-24)21-42-31-35-34-29(23-12-14-32-15-13-23)38(31)25-9-5-4-8-22(25)2/h4-15,20H,3,16-19,21H2,1-2H3. The lowest BCUT2D eigenvalue weighted by Gasteiger charge is -2.36. The fourth-order valence-corrected chi connectivity index (χ4v) is 6.72. The second kappa shape index (κ2) is 12.7. The van der Waals surface area contributed by atoms with Crippen LogP contribution >= 0.6 is 23.1 Å². The molecule has 1 fully saturated rings. The summed E-state index contributed by atoms with van der Waals surface area (Å²) in [6, 6.07) is 20.1. The third-order valence-corrected chi connectivity index (χ3v) is 9.07. The van der Waals surface area contributed by atoms with Crippen LogP contribution in [-0.2, 0) is 5.75 Å². The van der Waals surface area contributed by atoms with Crippen molar-refractivity contribution in [2.24, 2.45) is 0 Å². The zero-order valence-electron chi connectivity index (χ0n) is 23.5. The van der Waals surface area contributed by atoms with Crippen LogP contribution in [0.1, 0.15) is 28.0 Å². The van der Waals surface area contributed by atoms with E-state index in [-0.39, 0.29) is 5.91 Å². The van der Waals surface area contributed by atoms with Gasteiger partial charge in [-0.25, -0.2) is 4.98 Å². The largest absolute Gasteiger partial charge is 0.492 e. The van der Waals surface area contributed by atoms with Crippen molar-refractivity contribution in [3.05, 3.63) is 94.7 Å². The summed E-state index contributed by atoms with van der Waals surface area (Å²) >= 11 is 3.06. The van der Waals surface area contributed by atoms with E-state index in [4.69, 9.17) is 9.72 Å². The number of thioether (sulfide) groups is 1. The third-order valence-electron chi connectivity index (χ3n) is 7.10. The van der Waals surface area contributed by atoms with Crippen LogP contribution in [0.3, 0.4) is 0 Å². The number of piperazine rings is 1. The van der Waals surface area contributed by atoms with Crippen molar-refractivity contribution < 1.29 is 9.53 Å². The maximum Gasteiger partial charge on any atom is 0.273 e. The van der Waals surface area contributed by atoms with E-state index in [1.165, 1.54) is 11.3 Å². The van der Waals surface area contributed by atoms with Gasteiger partial charge in [-0.1, -0.05) is 42.1 Å². The maximum absolute atomic E-state index is 13.3. The van der Waals surface area contributed by atoms with E-state index in [9.17, 15) is 4.79 Å². The molecule has 9 nitrogen and oxygen atoms in total. The van der Waals surface area contributed by atoms with Gasteiger partial charge in [-0.15, -0.1) is 21.5 Å². The molecule has 11 heteroatoms. The summed E-state index contributed by atoms with van der Waals surface area (Å²) in [4.78, 5) is 26.3. The zero-order valence-corrected chi connectivity index (χ0v) is 25.1. The van der Waals surface area contributed by atoms with Gasteiger partial charge in [0.15, 0.2) is 11.0 Å². The first-order chi connectivity index (χ1) is 20.6. The maximum atomic E-state index is 13.3. The van der Waals surface area contributed by atoms with Gasteiger partial charge in [0.25, 0.3) is 5.91 Å². The predicted molar refractivity (Wildman–Crippen MR) is 167 cm³/mol. The number of carbonyl (C=O) groups is 1. The average Bonchev–Trinajstić information content (AvgIpc) is 3.68. The van der Waals surface area contributed by atoms with Crippen LogP contribution in [0, 0.1) is 6.92 Å². The minimum absolute atomic E-state index is 0.0247. The molecule has 1 aliphatic rings. The van der Waals surface area contributed by atoms with Gasteiger partial charge in [0, 0.05) is 49.5 Å². The molecule has 2 aromatic carbocycles. The molecule has 3 aromatic heterocycles. The molecule has 214 valence electrons. The van der Waals surface area contributed by atoms with Crippen LogP contribution in [0.15, 0.2) is 83.6 Å². The lowest BCUT2D eigenvalue weighted by molar-refractivity contribution is 0.0741. The van der Waals surface area contributed by atoms with E-state index in [1.54, 1.807) is 24.2 Å². The molecule has 4 heterocycles. The van der Waals surface area contributed by atoms with Crippen LogP contribution in [0.5, 0.6) is 5.75 Å². The predicted octanol–water partition coefficient (Wildman–Crippen LogP) is 5.75. The molecule has 0 unspecified atom stereocenters. The summed E-state index contributed by atoms with van der Waals surface area (Å²) in [6.07, 6.45) is 3.51. The molecule has 0 radical (unpaired) electrons. The van der Waals surface area contributed by atoms with Crippen LogP contribution in [-0.4, -0.2) is 68.3 Å². The first-order valence-corrected chi connectivity index (χ1v) is 15.7. The van der Waals surface area contributed by atoms with E-state index in [0.29, 0.717) is 31.1 Å². The second-order valence-corrected chi connectivity index (χ2v) is 11.6. The van der Waals surface area contributed by atoms with Gasteiger partial charge >= 0.3 is 0 Å². The van der Waals surface area contributed by atoms with Crippen LogP contribution in [0.25, 0.3) is 17.1 Å². The van der Waals surface area contributed by atoms with Crippen molar-refractivity contribution in [1.29, 1.82) is 0 Å². The number of anilines is 1. The summed E-state index contributed by atoms with van der Waals surface area (Å²) in [6.45, 7) is 7.46. The monoisotopic (exact) mass is 597 g/mol. The van der Waals surface area contributed by atoms with Gasteiger partial charge in [0.2, 0.25) is 0 Å². The van der Waals surface area contributed by atoms with E-state index in [1.807, 2.05) is 59.7 Å². The van der Waals surface area contributed by atoms with Gasteiger partial charge < -0.3 is 14.5 Å². The summed E-state index contributed by atoms with van der Waals surface area (Å²) in [5, 5.41) is 12.6. The fourth-order valence-electron chi connectivity index (χ4n) is 4.99. The smallest absolute Gasteiger partial charge is 0.273 e. The van der Waals surface area contributed by atoms with Gasteiger partial charge in [0.05, 0.1) is 23.7 Å². The SMILES string of the molecule is CCOc1ccccc1N1CCN(C(=O)c2csc(CSc3nnc(-c4ccncc4)n3-c3ccccc3C)n2)CC1. The Morgan fingerprint density at radius 1 is 0.952 bits per heavy atom. The highest BCUT2D eigenvalue weighted by Gasteiger charge is 2.25. The first kappa shape index (κ1) is 27.9. The van der Waals surface area contributed by atoms with Gasteiger partial charge in [-0.05, 0) is 49.7 Å². The van der Waals surface area contributed by atoms with Crippen molar-refractivity contribution in [2.75, 3.05) is 37.7 Å². The quantitative estimate of drug-likeness (QED) is 0.199. The number of hydrogen-bond donors (Lipinski definition) is 0. The van der Waals surface area contributed by atoms with E-state index in [0.717, 1.165) is 57.3 Å². The normalized spacial score (nSPS) is 13.4. The number of aromatic nitrogens is 5. The lowest BCUT2D eigenvalue weighted by Crippen LogP contribution is -2.49. The van der Waals surface area contributed by atoms with E-state index >= 15 is 0 Å². The summed E-state index contributed by atoms with van der Waals surface area (Å²) in [7, 11) is 0. The van der Waals surface area contributed by atoms with E-state index in [2.05, 4.69) is 49.8 Å². The molecule has 0 N–H and O–H groups in total. The number of amides is 1. The highest BCUT2D eigenvalue weighted by Crippen LogP contribution is 2.32. The van der Waals surface area contributed by atoms with Crippen molar-refractivity contribution in [2.45, 2.75) is 24.8 Å². The summed E-state index contributed by atoms with van der Waals surface area (Å²) < 4.78 is 7.89. The Morgan fingerprint density at radius 2 is 1.69 bits per heavy atom. The molecule has 5 aromatic rings. The number of hydrogen-bond acceptors (Lipinski definition) is 9. The van der Waals surface area contributed by atoms with Crippen molar-refractivity contribution >= 4 is 34.7 Å². The minimum Gasteiger partial charge on any atom is -0.492 e. The number of rotatable bonds is 9. The number of nitrogens with zero attached hydrogens (tertiary/aromatic N) is 7. The summed E-state index contributed by atoms with van der Waals surface area (Å²) in [5.41, 5.74) is 4.66. The van der Waals surface area contributed by atoms with Gasteiger partial charge in [-0.3, -0.25) is 14.3 Å². The Hall–Kier alpha value is -4.22. The zero-order chi connectivity index (χ0) is 28.9.